The molecule has 4 nitrogen and oxygen atoms in total. The van der Waals surface area contributed by atoms with Gasteiger partial charge in [-0.15, -0.1) is 0 Å². The second-order valence-electron chi connectivity index (χ2n) is 4.78. The van der Waals surface area contributed by atoms with E-state index in [4.69, 9.17) is 74.7 Å². The molecule has 0 saturated heterocycles. The minimum atomic E-state index is -1.62. The van der Waals surface area contributed by atoms with Gasteiger partial charge < -0.3 is 10.4 Å². The van der Waals surface area contributed by atoms with Gasteiger partial charge in [-0.3, -0.25) is 4.79 Å². The highest BCUT2D eigenvalue weighted by Crippen LogP contribution is 2.38. The third kappa shape index (κ3) is 8.77. The Balaban J connectivity index is 4.66. The van der Waals surface area contributed by atoms with E-state index in [1.807, 2.05) is 0 Å². The molecule has 0 bridgehead atoms. The molecule has 0 saturated carbocycles. The highest BCUT2D eigenvalue weighted by atomic mass is 35.6. The molecule has 0 spiro atoms. The second-order valence-corrected chi connectivity index (χ2v) is 9.52. The number of carboxylic acids is 1. The molecule has 0 aliphatic rings. The number of halogens is 6. The van der Waals surface area contributed by atoms with Crippen molar-refractivity contribution in [1.82, 2.24) is 5.32 Å². The molecule has 2 N–H and O–H groups in total. The van der Waals surface area contributed by atoms with Gasteiger partial charge in [0.2, 0.25) is 5.91 Å². The van der Waals surface area contributed by atoms with Crippen molar-refractivity contribution in [2.24, 2.45) is 11.8 Å². The van der Waals surface area contributed by atoms with Gasteiger partial charge in [-0.2, -0.15) is 0 Å². The summed E-state index contributed by atoms with van der Waals surface area (Å²) < 4.78 is -3.23. The molecule has 1 amide bonds. The minimum Gasteiger partial charge on any atom is -0.480 e. The zero-order chi connectivity index (χ0) is 17.0. The van der Waals surface area contributed by atoms with Gasteiger partial charge in [-0.25, -0.2) is 4.79 Å². The van der Waals surface area contributed by atoms with Crippen molar-refractivity contribution in [3.63, 3.8) is 0 Å². The van der Waals surface area contributed by atoms with Crippen LogP contribution >= 0.6 is 69.6 Å². The van der Waals surface area contributed by atoms with E-state index in [9.17, 15) is 9.59 Å². The number of amides is 1. The zero-order valence-electron chi connectivity index (χ0n) is 11.2. The van der Waals surface area contributed by atoms with Crippen molar-refractivity contribution in [2.45, 2.75) is 40.3 Å². The Kier molecular flexibility index (Phi) is 8.78. The van der Waals surface area contributed by atoms with Gasteiger partial charge in [0, 0.05) is 18.3 Å². The lowest BCUT2D eigenvalue weighted by atomic mass is 10.0. The molecule has 0 aliphatic carbocycles. The first kappa shape index (κ1) is 21.7. The van der Waals surface area contributed by atoms with Crippen molar-refractivity contribution < 1.29 is 14.7 Å². The summed E-state index contributed by atoms with van der Waals surface area (Å²) >= 11 is 34.0. The third-order valence-corrected chi connectivity index (χ3v) is 5.07. The van der Waals surface area contributed by atoms with E-state index in [-0.39, 0.29) is 12.8 Å². The first-order chi connectivity index (χ1) is 9.25. The maximum Gasteiger partial charge on any atom is 0.326 e. The number of nitrogens with one attached hydrogen (secondary N) is 1. The maximum atomic E-state index is 11.8. The van der Waals surface area contributed by atoms with Crippen molar-refractivity contribution in [1.29, 1.82) is 0 Å². The molecule has 0 unspecified atom stereocenters. The van der Waals surface area contributed by atoms with Crippen LogP contribution in [-0.4, -0.2) is 30.6 Å². The van der Waals surface area contributed by atoms with Crippen molar-refractivity contribution in [2.75, 3.05) is 0 Å². The van der Waals surface area contributed by atoms with Crippen LogP contribution in [-0.2, 0) is 9.59 Å². The fraction of sp³-hybridized carbons (Fsp3) is 0.818. The SMILES string of the molecule is C[C@@H](CC(=O)N[C@@H](C[C@H](C)C(Cl)(Cl)Cl)C(=O)O)C(Cl)(Cl)Cl. The molecule has 10 heteroatoms. The van der Waals surface area contributed by atoms with E-state index in [1.54, 1.807) is 13.8 Å². The van der Waals surface area contributed by atoms with Gasteiger partial charge in [0.05, 0.1) is 0 Å². The number of carboxylic acid groups (broad SMARTS) is 1. The second kappa shape index (κ2) is 8.51. The largest absolute Gasteiger partial charge is 0.480 e. The van der Waals surface area contributed by atoms with E-state index in [2.05, 4.69) is 5.32 Å². The van der Waals surface area contributed by atoms with Gasteiger partial charge in [-0.1, -0.05) is 83.5 Å². The highest BCUT2D eigenvalue weighted by molar-refractivity contribution is 6.68. The van der Waals surface area contributed by atoms with Crippen LogP contribution in [0.1, 0.15) is 26.7 Å². The first-order valence-electron chi connectivity index (χ1n) is 5.90. The normalized spacial score (nSPS) is 17.0. The van der Waals surface area contributed by atoms with Gasteiger partial charge in [0.1, 0.15) is 6.04 Å². The molecule has 0 rings (SSSR count). The van der Waals surface area contributed by atoms with Crippen LogP contribution in [0.3, 0.4) is 0 Å². The summed E-state index contributed by atoms with van der Waals surface area (Å²) in [4.78, 5) is 23.0. The number of rotatable bonds is 6. The molecule has 0 aromatic rings. The van der Waals surface area contributed by atoms with Crippen molar-refractivity contribution in [3.8, 4) is 0 Å². The molecule has 0 fully saturated rings. The number of hydrogen-bond acceptors (Lipinski definition) is 2. The van der Waals surface area contributed by atoms with Crippen LogP contribution in [0.25, 0.3) is 0 Å². The summed E-state index contributed by atoms with van der Waals surface area (Å²) in [6.07, 6.45) is -0.178. The molecule has 124 valence electrons. The highest BCUT2D eigenvalue weighted by Gasteiger charge is 2.35. The van der Waals surface area contributed by atoms with Crippen LogP contribution in [0.5, 0.6) is 0 Å². The zero-order valence-corrected chi connectivity index (χ0v) is 15.7. The summed E-state index contributed by atoms with van der Waals surface area (Å²) in [6, 6.07) is -1.19. The van der Waals surface area contributed by atoms with Crippen molar-refractivity contribution >= 4 is 81.5 Å². The number of carbonyl (C=O) groups is 2. The summed E-state index contributed by atoms with van der Waals surface area (Å²) in [5, 5.41) is 11.4. The molecule has 0 heterocycles. The number of alkyl halides is 6. The third-order valence-electron chi connectivity index (χ3n) is 2.83. The summed E-state index contributed by atoms with van der Waals surface area (Å²) in [5.74, 6) is -2.94. The average Bonchev–Trinajstić information content (AvgIpc) is 2.24. The molecule has 0 radical (unpaired) electrons. The molecule has 0 aromatic heterocycles. The minimum absolute atomic E-state index is 0.0419. The monoisotopic (exact) mass is 419 g/mol. The van der Waals surface area contributed by atoms with E-state index < -0.39 is 37.3 Å². The van der Waals surface area contributed by atoms with E-state index in [0.717, 1.165) is 0 Å². The predicted molar refractivity (Wildman–Crippen MR) is 87.7 cm³/mol. The number of aliphatic carboxylic acids is 1. The summed E-state index contributed by atoms with van der Waals surface area (Å²) in [7, 11) is 0. The first-order valence-corrected chi connectivity index (χ1v) is 8.17. The van der Waals surface area contributed by atoms with Gasteiger partial charge >= 0.3 is 5.97 Å². The Bertz CT molecular complexity index is 379. The standard InChI is InChI=1S/C11H15Cl6NO3/c1-5(10(12,13)14)3-7(9(20)21)18-8(19)4-6(2)11(15,16)17/h5-7H,3-4H2,1-2H3,(H,18,19)(H,20,21)/t5-,6-,7-/m0/s1. The Morgan fingerprint density at radius 1 is 1.00 bits per heavy atom. The van der Waals surface area contributed by atoms with E-state index in [0.29, 0.717) is 0 Å². The lowest BCUT2D eigenvalue weighted by molar-refractivity contribution is -0.142. The van der Waals surface area contributed by atoms with E-state index >= 15 is 0 Å². The van der Waals surface area contributed by atoms with Crippen LogP contribution in [0.2, 0.25) is 0 Å². The smallest absolute Gasteiger partial charge is 0.326 e. The maximum absolute atomic E-state index is 11.8. The summed E-state index contributed by atoms with van der Waals surface area (Å²) in [6.45, 7) is 3.13. The van der Waals surface area contributed by atoms with Crippen LogP contribution < -0.4 is 5.32 Å². The number of hydrogen-bond donors (Lipinski definition) is 2. The predicted octanol–water partition coefficient (Wildman–Crippen LogP) is 4.35. The van der Waals surface area contributed by atoms with E-state index in [1.165, 1.54) is 0 Å². The van der Waals surface area contributed by atoms with Gasteiger partial charge in [-0.05, 0) is 6.42 Å². The Hall–Kier alpha value is 0.680. The Morgan fingerprint density at radius 3 is 1.76 bits per heavy atom. The molecular formula is C11H15Cl6NO3. The molecule has 3 atom stereocenters. The lowest BCUT2D eigenvalue weighted by Gasteiger charge is -2.25. The topological polar surface area (TPSA) is 66.4 Å². The van der Waals surface area contributed by atoms with Crippen molar-refractivity contribution in [3.05, 3.63) is 0 Å². The molecule has 0 aromatic carbocycles. The number of carbonyl (C=O) groups excluding carboxylic acids is 1. The quantitative estimate of drug-likeness (QED) is 0.626. The molecule has 21 heavy (non-hydrogen) atoms. The Labute approximate surface area is 153 Å². The van der Waals surface area contributed by atoms with Gasteiger partial charge in [0.15, 0.2) is 7.59 Å². The van der Waals surface area contributed by atoms with Crippen LogP contribution in [0.15, 0.2) is 0 Å². The van der Waals surface area contributed by atoms with Crippen LogP contribution in [0.4, 0.5) is 0 Å². The molecular weight excluding hydrogens is 407 g/mol. The van der Waals surface area contributed by atoms with Crippen LogP contribution in [0, 0.1) is 11.8 Å². The summed E-state index contributed by atoms with van der Waals surface area (Å²) in [5.41, 5.74) is 0. The fourth-order valence-electron chi connectivity index (χ4n) is 1.36. The average molecular weight is 422 g/mol. The Morgan fingerprint density at radius 2 is 1.43 bits per heavy atom. The lowest BCUT2D eigenvalue weighted by Crippen LogP contribution is -2.44. The van der Waals surface area contributed by atoms with Gasteiger partial charge in [0.25, 0.3) is 0 Å². The molecule has 0 aliphatic heterocycles. The fourth-order valence-corrected chi connectivity index (χ4v) is 1.85.